The van der Waals surface area contributed by atoms with Crippen molar-refractivity contribution >= 4 is 12.2 Å². The standard InChI is InChI=1S/C15H15NO2/c1-11-5-3-7-13(16-11)10-9-12-6-4-8-14(18-2)15(12)17/h3-10,17H,1-2H3. The van der Waals surface area contributed by atoms with E-state index in [-0.39, 0.29) is 5.75 Å². The third-order valence-electron chi connectivity index (χ3n) is 2.59. The minimum atomic E-state index is 0.143. The lowest BCUT2D eigenvalue weighted by molar-refractivity contribution is 0.373. The normalized spacial score (nSPS) is 10.8. The van der Waals surface area contributed by atoms with Crippen LogP contribution in [0, 0.1) is 6.92 Å². The molecule has 0 unspecified atom stereocenters. The van der Waals surface area contributed by atoms with Gasteiger partial charge in [0.2, 0.25) is 0 Å². The third kappa shape index (κ3) is 2.69. The molecule has 1 N–H and O–H groups in total. The average molecular weight is 241 g/mol. The molecule has 0 radical (unpaired) electrons. The zero-order valence-corrected chi connectivity index (χ0v) is 10.4. The highest BCUT2D eigenvalue weighted by atomic mass is 16.5. The zero-order valence-electron chi connectivity index (χ0n) is 10.4. The molecule has 0 saturated heterocycles. The van der Waals surface area contributed by atoms with Crippen LogP contribution in [0.5, 0.6) is 11.5 Å². The topological polar surface area (TPSA) is 42.4 Å². The average Bonchev–Trinajstić information content (AvgIpc) is 2.38. The Kier molecular flexibility index (Phi) is 3.63. The first kappa shape index (κ1) is 12.2. The van der Waals surface area contributed by atoms with Gasteiger partial charge in [-0.05, 0) is 37.3 Å². The lowest BCUT2D eigenvalue weighted by Gasteiger charge is -2.05. The second kappa shape index (κ2) is 5.36. The lowest BCUT2D eigenvalue weighted by atomic mass is 10.1. The number of methoxy groups -OCH3 is 1. The summed E-state index contributed by atoms with van der Waals surface area (Å²) in [4.78, 5) is 4.36. The van der Waals surface area contributed by atoms with Crippen molar-refractivity contribution in [2.45, 2.75) is 6.92 Å². The number of phenols is 1. The summed E-state index contributed by atoms with van der Waals surface area (Å²) in [6.45, 7) is 1.94. The summed E-state index contributed by atoms with van der Waals surface area (Å²) in [6.07, 6.45) is 3.68. The molecule has 1 aromatic heterocycles. The first-order valence-corrected chi connectivity index (χ1v) is 5.68. The van der Waals surface area contributed by atoms with E-state index in [0.29, 0.717) is 11.3 Å². The summed E-state index contributed by atoms with van der Waals surface area (Å²) in [7, 11) is 1.53. The van der Waals surface area contributed by atoms with E-state index in [1.165, 1.54) is 7.11 Å². The van der Waals surface area contributed by atoms with Gasteiger partial charge in [-0.15, -0.1) is 0 Å². The third-order valence-corrected chi connectivity index (χ3v) is 2.59. The maximum absolute atomic E-state index is 9.92. The molecule has 0 amide bonds. The fourth-order valence-corrected chi connectivity index (χ4v) is 1.67. The number of hydrogen-bond donors (Lipinski definition) is 1. The molecule has 0 bridgehead atoms. The van der Waals surface area contributed by atoms with E-state index in [4.69, 9.17) is 4.74 Å². The van der Waals surface area contributed by atoms with Crippen molar-refractivity contribution in [3.63, 3.8) is 0 Å². The van der Waals surface area contributed by atoms with Gasteiger partial charge in [0.25, 0.3) is 0 Å². The van der Waals surface area contributed by atoms with Crippen LogP contribution in [0.1, 0.15) is 17.0 Å². The number of aromatic nitrogens is 1. The number of pyridine rings is 1. The van der Waals surface area contributed by atoms with E-state index in [1.807, 2.05) is 49.4 Å². The van der Waals surface area contributed by atoms with Crippen molar-refractivity contribution in [1.29, 1.82) is 0 Å². The molecular formula is C15H15NO2. The number of benzene rings is 1. The number of aryl methyl sites for hydroxylation is 1. The first-order chi connectivity index (χ1) is 8.70. The molecule has 1 aromatic carbocycles. The van der Waals surface area contributed by atoms with E-state index < -0.39 is 0 Å². The Morgan fingerprint density at radius 1 is 1.11 bits per heavy atom. The number of hydrogen-bond acceptors (Lipinski definition) is 3. The maximum Gasteiger partial charge on any atom is 0.165 e. The van der Waals surface area contributed by atoms with Crippen LogP contribution in [-0.2, 0) is 0 Å². The van der Waals surface area contributed by atoms with Gasteiger partial charge in [0.15, 0.2) is 11.5 Å². The van der Waals surface area contributed by atoms with Crippen LogP contribution in [0.25, 0.3) is 12.2 Å². The lowest BCUT2D eigenvalue weighted by Crippen LogP contribution is -1.86. The quantitative estimate of drug-likeness (QED) is 0.896. The molecule has 18 heavy (non-hydrogen) atoms. The minimum absolute atomic E-state index is 0.143. The van der Waals surface area contributed by atoms with Crippen molar-refractivity contribution < 1.29 is 9.84 Å². The van der Waals surface area contributed by atoms with Crippen LogP contribution in [0.15, 0.2) is 36.4 Å². The van der Waals surface area contributed by atoms with Crippen LogP contribution in [0.2, 0.25) is 0 Å². The van der Waals surface area contributed by atoms with E-state index in [1.54, 1.807) is 6.07 Å². The Labute approximate surface area is 106 Å². The molecule has 0 spiro atoms. The highest BCUT2D eigenvalue weighted by Crippen LogP contribution is 2.30. The molecule has 0 saturated carbocycles. The molecular weight excluding hydrogens is 226 g/mol. The fraction of sp³-hybridized carbons (Fsp3) is 0.133. The molecule has 1 heterocycles. The van der Waals surface area contributed by atoms with Gasteiger partial charge in [-0.1, -0.05) is 18.2 Å². The molecule has 0 atom stereocenters. The number of phenolic OH excluding ortho intramolecular Hbond substituents is 1. The summed E-state index contributed by atoms with van der Waals surface area (Å²) >= 11 is 0. The monoisotopic (exact) mass is 241 g/mol. The molecule has 2 rings (SSSR count). The van der Waals surface area contributed by atoms with Crippen molar-refractivity contribution in [2.75, 3.05) is 7.11 Å². The van der Waals surface area contributed by atoms with Gasteiger partial charge in [-0.2, -0.15) is 0 Å². The highest BCUT2D eigenvalue weighted by Gasteiger charge is 2.03. The first-order valence-electron chi connectivity index (χ1n) is 5.68. The van der Waals surface area contributed by atoms with Crippen molar-refractivity contribution in [3.8, 4) is 11.5 Å². The van der Waals surface area contributed by atoms with Gasteiger partial charge in [-0.3, -0.25) is 4.98 Å². The molecule has 0 aliphatic rings. The van der Waals surface area contributed by atoms with Gasteiger partial charge in [-0.25, -0.2) is 0 Å². The highest BCUT2D eigenvalue weighted by molar-refractivity contribution is 5.72. The Morgan fingerprint density at radius 3 is 2.61 bits per heavy atom. The summed E-state index contributed by atoms with van der Waals surface area (Å²) < 4.78 is 5.06. The van der Waals surface area contributed by atoms with Crippen molar-refractivity contribution in [1.82, 2.24) is 4.98 Å². The van der Waals surface area contributed by atoms with E-state index >= 15 is 0 Å². The molecule has 3 nitrogen and oxygen atoms in total. The summed E-state index contributed by atoms with van der Waals surface area (Å²) in [6, 6.07) is 11.2. The molecule has 92 valence electrons. The van der Waals surface area contributed by atoms with Crippen molar-refractivity contribution in [3.05, 3.63) is 53.3 Å². The van der Waals surface area contributed by atoms with Crippen LogP contribution in [0.3, 0.4) is 0 Å². The molecule has 0 fully saturated rings. The summed E-state index contributed by atoms with van der Waals surface area (Å²) in [5.41, 5.74) is 2.53. The smallest absolute Gasteiger partial charge is 0.165 e. The second-order valence-electron chi connectivity index (χ2n) is 3.94. The van der Waals surface area contributed by atoms with Crippen LogP contribution < -0.4 is 4.74 Å². The Balaban J connectivity index is 2.29. The number of nitrogens with zero attached hydrogens (tertiary/aromatic N) is 1. The predicted octanol–water partition coefficient (Wildman–Crippen LogP) is 3.27. The molecule has 2 aromatic rings. The van der Waals surface area contributed by atoms with Crippen molar-refractivity contribution in [2.24, 2.45) is 0 Å². The van der Waals surface area contributed by atoms with Gasteiger partial charge < -0.3 is 9.84 Å². The largest absolute Gasteiger partial charge is 0.504 e. The summed E-state index contributed by atoms with van der Waals surface area (Å²) in [5, 5.41) is 9.92. The summed E-state index contributed by atoms with van der Waals surface area (Å²) in [5.74, 6) is 0.609. The van der Waals surface area contributed by atoms with E-state index in [2.05, 4.69) is 4.98 Å². The van der Waals surface area contributed by atoms with Crippen LogP contribution >= 0.6 is 0 Å². The van der Waals surface area contributed by atoms with E-state index in [9.17, 15) is 5.11 Å². The SMILES string of the molecule is COc1cccc(C=Cc2cccc(C)n2)c1O. The number of para-hydroxylation sites is 1. The fourth-order valence-electron chi connectivity index (χ4n) is 1.67. The Morgan fingerprint density at radius 2 is 1.89 bits per heavy atom. The van der Waals surface area contributed by atoms with Crippen LogP contribution in [0.4, 0.5) is 0 Å². The van der Waals surface area contributed by atoms with E-state index in [0.717, 1.165) is 11.4 Å². The van der Waals surface area contributed by atoms with Crippen LogP contribution in [-0.4, -0.2) is 17.2 Å². The molecule has 3 heteroatoms. The zero-order chi connectivity index (χ0) is 13.0. The molecule has 0 aliphatic heterocycles. The second-order valence-corrected chi connectivity index (χ2v) is 3.94. The van der Waals surface area contributed by atoms with Gasteiger partial charge >= 0.3 is 0 Å². The van der Waals surface area contributed by atoms with Gasteiger partial charge in [0, 0.05) is 11.3 Å². The predicted molar refractivity (Wildman–Crippen MR) is 72.6 cm³/mol. The number of aromatic hydroxyl groups is 1. The minimum Gasteiger partial charge on any atom is -0.504 e. The number of rotatable bonds is 3. The Hall–Kier alpha value is -2.29. The molecule has 0 aliphatic carbocycles. The maximum atomic E-state index is 9.92. The van der Waals surface area contributed by atoms with Gasteiger partial charge in [0.05, 0.1) is 12.8 Å². The number of ether oxygens (including phenoxy) is 1. The Bertz CT molecular complexity index is 576. The van der Waals surface area contributed by atoms with Gasteiger partial charge in [0.1, 0.15) is 0 Å².